The average Bonchev–Trinajstić information content (AvgIpc) is 3.16. The summed E-state index contributed by atoms with van der Waals surface area (Å²) in [4.78, 5) is 12.8. The zero-order valence-corrected chi connectivity index (χ0v) is 13.0. The van der Waals surface area contributed by atoms with Gasteiger partial charge in [0.1, 0.15) is 0 Å². The highest BCUT2D eigenvalue weighted by atomic mass is 16.5. The molecule has 1 aliphatic carbocycles. The van der Waals surface area contributed by atoms with E-state index in [0.717, 1.165) is 48.8 Å². The number of carbonyl (C=O) groups excluding carboxylic acids is 1. The number of likely N-dealkylation sites (tertiary alicyclic amines) is 1. The van der Waals surface area contributed by atoms with Crippen LogP contribution in [-0.2, 0) is 14.9 Å². The van der Waals surface area contributed by atoms with Crippen molar-refractivity contribution in [1.82, 2.24) is 0 Å². The minimum Gasteiger partial charge on any atom is -0.414 e. The molecule has 1 saturated carbocycles. The van der Waals surface area contributed by atoms with E-state index in [4.69, 9.17) is 4.74 Å². The summed E-state index contributed by atoms with van der Waals surface area (Å²) in [6.07, 6.45) is 6.60. The molecular formula is C18H26NO2+. The van der Waals surface area contributed by atoms with Gasteiger partial charge >= 0.3 is 5.97 Å². The number of benzene rings is 1. The van der Waals surface area contributed by atoms with Gasteiger partial charge < -0.3 is 4.74 Å². The lowest BCUT2D eigenvalue weighted by Gasteiger charge is -2.32. The molecule has 114 valence electrons. The van der Waals surface area contributed by atoms with Crippen molar-refractivity contribution in [2.24, 2.45) is 0 Å². The Balaban J connectivity index is 1.74. The molecule has 1 heterocycles. The van der Waals surface area contributed by atoms with Crippen LogP contribution in [0.3, 0.4) is 0 Å². The van der Waals surface area contributed by atoms with E-state index >= 15 is 0 Å². The molecule has 3 nitrogen and oxygen atoms in total. The summed E-state index contributed by atoms with van der Waals surface area (Å²) in [7, 11) is 2.20. The van der Waals surface area contributed by atoms with Crippen LogP contribution in [0.1, 0.15) is 44.1 Å². The Kier molecular flexibility index (Phi) is 4.03. The SMILES string of the molecule is C[N+]1(COC(=O)C2(c3ccccc3)CCCC2)CCCC1. The Bertz CT molecular complexity index is 485. The van der Waals surface area contributed by atoms with Crippen molar-refractivity contribution in [3.63, 3.8) is 0 Å². The molecular weight excluding hydrogens is 262 g/mol. The van der Waals surface area contributed by atoms with Crippen LogP contribution >= 0.6 is 0 Å². The number of ether oxygens (including phenoxy) is 1. The molecule has 0 bridgehead atoms. The maximum atomic E-state index is 12.8. The van der Waals surface area contributed by atoms with Crippen molar-refractivity contribution < 1.29 is 14.0 Å². The lowest BCUT2D eigenvalue weighted by Crippen LogP contribution is -2.46. The second-order valence-electron chi connectivity index (χ2n) is 6.99. The molecule has 3 heteroatoms. The van der Waals surface area contributed by atoms with E-state index in [0.29, 0.717) is 6.73 Å². The first-order chi connectivity index (χ1) is 10.1. The fraction of sp³-hybridized carbons (Fsp3) is 0.611. The Labute approximate surface area is 127 Å². The van der Waals surface area contributed by atoms with E-state index in [1.165, 1.54) is 12.8 Å². The second-order valence-corrected chi connectivity index (χ2v) is 6.99. The second kappa shape index (κ2) is 5.80. The van der Waals surface area contributed by atoms with Crippen molar-refractivity contribution in [2.45, 2.75) is 43.9 Å². The van der Waals surface area contributed by atoms with Crippen LogP contribution in [0.4, 0.5) is 0 Å². The molecule has 1 aromatic rings. The molecule has 0 aromatic heterocycles. The largest absolute Gasteiger partial charge is 0.414 e. The molecule has 1 aromatic carbocycles. The minimum absolute atomic E-state index is 0.00236. The van der Waals surface area contributed by atoms with Crippen molar-refractivity contribution in [1.29, 1.82) is 0 Å². The number of esters is 1. The van der Waals surface area contributed by atoms with Gasteiger partial charge in [0.15, 0.2) is 0 Å². The quantitative estimate of drug-likeness (QED) is 0.628. The van der Waals surface area contributed by atoms with E-state index in [-0.39, 0.29) is 11.4 Å². The first kappa shape index (κ1) is 14.6. The summed E-state index contributed by atoms with van der Waals surface area (Å²) in [6, 6.07) is 10.2. The summed E-state index contributed by atoms with van der Waals surface area (Å²) in [5.41, 5.74) is 0.747. The lowest BCUT2D eigenvalue weighted by molar-refractivity contribution is -0.914. The zero-order valence-electron chi connectivity index (χ0n) is 13.0. The van der Waals surface area contributed by atoms with Crippen LogP contribution in [-0.4, -0.2) is 37.3 Å². The molecule has 2 fully saturated rings. The molecule has 1 saturated heterocycles. The monoisotopic (exact) mass is 288 g/mol. The van der Waals surface area contributed by atoms with Crippen molar-refractivity contribution in [2.75, 3.05) is 26.9 Å². The van der Waals surface area contributed by atoms with Crippen LogP contribution in [0.2, 0.25) is 0 Å². The van der Waals surface area contributed by atoms with Crippen molar-refractivity contribution in [3.05, 3.63) is 35.9 Å². The number of quaternary nitrogens is 1. The third-order valence-electron chi connectivity index (χ3n) is 5.33. The molecule has 0 N–H and O–H groups in total. The predicted molar refractivity (Wildman–Crippen MR) is 82.7 cm³/mol. The van der Waals surface area contributed by atoms with Gasteiger partial charge in [-0.2, -0.15) is 0 Å². The summed E-state index contributed by atoms with van der Waals surface area (Å²) in [5.74, 6) is -0.00236. The highest BCUT2D eigenvalue weighted by Crippen LogP contribution is 2.42. The molecule has 0 atom stereocenters. The van der Waals surface area contributed by atoms with Crippen molar-refractivity contribution >= 4 is 5.97 Å². The van der Waals surface area contributed by atoms with Gasteiger partial charge in [0.25, 0.3) is 0 Å². The van der Waals surface area contributed by atoms with Gasteiger partial charge in [-0.05, 0) is 18.4 Å². The summed E-state index contributed by atoms with van der Waals surface area (Å²) >= 11 is 0. The number of rotatable bonds is 4. The molecule has 0 unspecified atom stereocenters. The van der Waals surface area contributed by atoms with Crippen LogP contribution in [0.5, 0.6) is 0 Å². The van der Waals surface area contributed by atoms with Crippen LogP contribution in [0.25, 0.3) is 0 Å². The Morgan fingerprint density at radius 3 is 2.33 bits per heavy atom. The smallest absolute Gasteiger partial charge is 0.320 e. The van der Waals surface area contributed by atoms with E-state index in [1.807, 2.05) is 18.2 Å². The van der Waals surface area contributed by atoms with Gasteiger partial charge in [0.05, 0.1) is 25.6 Å². The van der Waals surface area contributed by atoms with Crippen LogP contribution < -0.4 is 0 Å². The molecule has 3 rings (SSSR count). The molecule has 0 radical (unpaired) electrons. The third-order valence-corrected chi connectivity index (χ3v) is 5.33. The standard InChI is InChI=1S/C18H26NO2/c1-19(13-7-8-14-19)15-21-17(20)18(11-5-6-12-18)16-9-3-2-4-10-16/h2-4,9-10H,5-8,11-15H2,1H3/q+1. The maximum Gasteiger partial charge on any atom is 0.320 e. The highest BCUT2D eigenvalue weighted by Gasteiger charge is 2.45. The fourth-order valence-electron chi connectivity index (χ4n) is 3.93. The molecule has 2 aliphatic rings. The van der Waals surface area contributed by atoms with Gasteiger partial charge in [-0.3, -0.25) is 9.28 Å². The third kappa shape index (κ3) is 2.84. The molecule has 1 aliphatic heterocycles. The highest BCUT2D eigenvalue weighted by molar-refractivity contribution is 5.83. The lowest BCUT2D eigenvalue weighted by atomic mass is 9.79. The van der Waals surface area contributed by atoms with Gasteiger partial charge in [0.2, 0.25) is 6.73 Å². The van der Waals surface area contributed by atoms with Crippen molar-refractivity contribution in [3.8, 4) is 0 Å². The number of hydrogen-bond donors (Lipinski definition) is 0. The Hall–Kier alpha value is -1.35. The Morgan fingerprint density at radius 2 is 1.71 bits per heavy atom. The first-order valence-electron chi connectivity index (χ1n) is 8.21. The van der Waals surface area contributed by atoms with Gasteiger partial charge in [0, 0.05) is 12.8 Å². The van der Waals surface area contributed by atoms with E-state index < -0.39 is 0 Å². The predicted octanol–water partition coefficient (Wildman–Crippen LogP) is 3.24. The number of carbonyl (C=O) groups is 1. The average molecular weight is 288 g/mol. The van der Waals surface area contributed by atoms with E-state index in [9.17, 15) is 4.79 Å². The topological polar surface area (TPSA) is 26.3 Å². The number of nitrogens with zero attached hydrogens (tertiary/aromatic N) is 1. The van der Waals surface area contributed by atoms with E-state index in [2.05, 4.69) is 19.2 Å². The van der Waals surface area contributed by atoms with E-state index in [1.54, 1.807) is 0 Å². The summed E-state index contributed by atoms with van der Waals surface area (Å²) in [5, 5.41) is 0. The minimum atomic E-state index is -0.389. The summed E-state index contributed by atoms with van der Waals surface area (Å²) in [6.45, 7) is 2.80. The fourth-order valence-corrected chi connectivity index (χ4v) is 3.93. The molecule has 0 amide bonds. The Morgan fingerprint density at radius 1 is 1.10 bits per heavy atom. The van der Waals surface area contributed by atoms with Crippen LogP contribution in [0.15, 0.2) is 30.3 Å². The van der Waals surface area contributed by atoms with Gasteiger partial charge in [-0.15, -0.1) is 0 Å². The zero-order chi connectivity index (χ0) is 14.8. The van der Waals surface area contributed by atoms with Gasteiger partial charge in [-0.25, -0.2) is 0 Å². The maximum absolute atomic E-state index is 12.8. The molecule has 21 heavy (non-hydrogen) atoms. The number of hydrogen-bond acceptors (Lipinski definition) is 2. The molecule has 0 spiro atoms. The van der Waals surface area contributed by atoms with Crippen LogP contribution in [0, 0.1) is 0 Å². The first-order valence-corrected chi connectivity index (χ1v) is 8.21. The normalized spacial score (nSPS) is 23.1. The van der Waals surface area contributed by atoms with Gasteiger partial charge in [-0.1, -0.05) is 43.2 Å². The summed E-state index contributed by atoms with van der Waals surface area (Å²) < 4.78 is 6.69.